The highest BCUT2D eigenvalue weighted by molar-refractivity contribution is 5.75. The number of quaternary nitrogens is 1. The Kier molecular flexibility index (Phi) is 2.26. The van der Waals surface area contributed by atoms with Gasteiger partial charge in [-0.2, -0.15) is 0 Å². The number of hydrogen-bond donors (Lipinski definition) is 0. The van der Waals surface area contributed by atoms with Gasteiger partial charge in [-0.25, -0.2) is 0 Å². The first-order valence-electron chi connectivity index (χ1n) is 3.65. The second kappa shape index (κ2) is 3.05. The molecule has 1 aromatic rings. The Morgan fingerprint density at radius 2 is 1.75 bits per heavy atom. The Hall–Kier alpha value is -1.19. The molecule has 3 heteroatoms. The van der Waals surface area contributed by atoms with Gasteiger partial charge in [-0.3, -0.25) is 4.79 Å². The SMILES string of the molecule is C[N+](C)([O-])c1ccc(C=O)cc1. The van der Waals surface area contributed by atoms with Crippen LogP contribution in [0.25, 0.3) is 0 Å². The van der Waals surface area contributed by atoms with Gasteiger partial charge >= 0.3 is 0 Å². The first-order chi connectivity index (χ1) is 5.54. The number of carbonyl (C=O) groups is 1. The molecule has 1 rings (SSSR count). The van der Waals surface area contributed by atoms with Gasteiger partial charge in [0, 0.05) is 17.7 Å². The lowest BCUT2D eigenvalue weighted by Gasteiger charge is -2.32. The van der Waals surface area contributed by atoms with E-state index in [1.807, 2.05) is 0 Å². The van der Waals surface area contributed by atoms with Gasteiger partial charge in [0.05, 0.1) is 14.1 Å². The maximum absolute atomic E-state index is 11.4. The highest BCUT2D eigenvalue weighted by Crippen LogP contribution is 2.16. The number of hydrogen-bond acceptors (Lipinski definition) is 2. The largest absolute Gasteiger partial charge is 0.628 e. The lowest BCUT2D eigenvalue weighted by Crippen LogP contribution is -2.32. The highest BCUT2D eigenvalue weighted by atomic mass is 16.5. The van der Waals surface area contributed by atoms with Crippen LogP contribution in [0.5, 0.6) is 0 Å². The molecule has 0 aromatic heterocycles. The fourth-order valence-corrected chi connectivity index (χ4v) is 0.912. The molecule has 12 heavy (non-hydrogen) atoms. The van der Waals surface area contributed by atoms with Crippen LogP contribution in [0.4, 0.5) is 5.69 Å². The van der Waals surface area contributed by atoms with Crippen LogP contribution in [0.2, 0.25) is 0 Å². The van der Waals surface area contributed by atoms with Gasteiger partial charge in [-0.05, 0) is 12.1 Å². The molecule has 64 valence electrons. The third kappa shape index (κ3) is 1.90. The van der Waals surface area contributed by atoms with Crippen LogP contribution in [-0.2, 0) is 0 Å². The predicted octanol–water partition coefficient (Wildman–Crippen LogP) is 1.56. The summed E-state index contributed by atoms with van der Waals surface area (Å²) in [6, 6.07) is 6.61. The number of rotatable bonds is 2. The molecule has 0 atom stereocenters. The number of hydroxylamine groups is 2. The summed E-state index contributed by atoms with van der Waals surface area (Å²) in [4.78, 5) is 10.3. The van der Waals surface area contributed by atoms with Crippen molar-refractivity contribution >= 4 is 12.0 Å². The van der Waals surface area contributed by atoms with Crippen molar-refractivity contribution in [2.24, 2.45) is 0 Å². The van der Waals surface area contributed by atoms with Gasteiger partial charge in [0.1, 0.15) is 12.0 Å². The van der Waals surface area contributed by atoms with Gasteiger partial charge in [0.15, 0.2) is 0 Å². The Labute approximate surface area is 71.4 Å². The summed E-state index contributed by atoms with van der Waals surface area (Å²) in [5.74, 6) is 0. The van der Waals surface area contributed by atoms with Crippen molar-refractivity contribution in [3.05, 3.63) is 35.0 Å². The Morgan fingerprint density at radius 3 is 2.08 bits per heavy atom. The fourth-order valence-electron chi connectivity index (χ4n) is 0.912. The molecule has 0 aliphatic rings. The van der Waals surface area contributed by atoms with Crippen LogP contribution in [0.1, 0.15) is 10.4 Å². The highest BCUT2D eigenvalue weighted by Gasteiger charge is 2.05. The number of nitrogens with zero attached hydrogens (tertiary/aromatic N) is 1. The molecule has 3 nitrogen and oxygen atoms in total. The van der Waals surface area contributed by atoms with Gasteiger partial charge in [-0.1, -0.05) is 0 Å². The zero-order valence-corrected chi connectivity index (χ0v) is 7.15. The van der Waals surface area contributed by atoms with Crippen molar-refractivity contribution in [1.29, 1.82) is 0 Å². The normalized spacial score (nSPS) is 11.2. The standard InChI is InChI=1S/C9H11NO2/c1-10(2,12)9-5-3-8(7-11)4-6-9/h3-7H,1-2H3. The Balaban J connectivity index is 3.00. The summed E-state index contributed by atoms with van der Waals surface area (Å²) in [6.07, 6.45) is 0.759. The summed E-state index contributed by atoms with van der Waals surface area (Å²) in [7, 11) is 3.08. The summed E-state index contributed by atoms with van der Waals surface area (Å²) >= 11 is 0. The molecule has 0 aliphatic carbocycles. The van der Waals surface area contributed by atoms with Gasteiger partial charge < -0.3 is 9.85 Å². The fraction of sp³-hybridized carbons (Fsp3) is 0.222. The maximum Gasteiger partial charge on any atom is 0.150 e. The van der Waals surface area contributed by atoms with E-state index in [9.17, 15) is 10.0 Å². The second-order valence-corrected chi connectivity index (χ2v) is 3.06. The van der Waals surface area contributed by atoms with Crippen molar-refractivity contribution < 1.29 is 4.79 Å². The molecule has 0 bridgehead atoms. The van der Waals surface area contributed by atoms with Crippen molar-refractivity contribution in [1.82, 2.24) is 4.65 Å². The molecule has 0 saturated carbocycles. The van der Waals surface area contributed by atoms with E-state index < -0.39 is 4.65 Å². The van der Waals surface area contributed by atoms with E-state index in [-0.39, 0.29) is 0 Å². The molecule has 0 N–H and O–H groups in total. The van der Waals surface area contributed by atoms with E-state index >= 15 is 0 Å². The Morgan fingerprint density at radius 1 is 1.25 bits per heavy atom. The van der Waals surface area contributed by atoms with E-state index in [0.29, 0.717) is 11.3 Å². The van der Waals surface area contributed by atoms with Crippen molar-refractivity contribution in [3.63, 3.8) is 0 Å². The van der Waals surface area contributed by atoms with E-state index in [4.69, 9.17) is 0 Å². The van der Waals surface area contributed by atoms with Crippen LogP contribution in [0, 0.1) is 5.21 Å². The molecule has 0 spiro atoms. The van der Waals surface area contributed by atoms with Gasteiger partial charge in [-0.15, -0.1) is 0 Å². The van der Waals surface area contributed by atoms with Gasteiger partial charge in [0.2, 0.25) is 0 Å². The van der Waals surface area contributed by atoms with Crippen molar-refractivity contribution in [2.75, 3.05) is 14.1 Å². The van der Waals surface area contributed by atoms with Crippen molar-refractivity contribution in [3.8, 4) is 0 Å². The Bertz CT molecular complexity index is 272. The smallest absolute Gasteiger partial charge is 0.150 e. The summed E-state index contributed by atoms with van der Waals surface area (Å²) in [5.41, 5.74) is 1.23. The number of aldehydes is 1. The topological polar surface area (TPSA) is 40.1 Å². The number of carbonyl (C=O) groups excluding carboxylic acids is 1. The minimum absolute atomic E-state index is 0.473. The predicted molar refractivity (Wildman–Crippen MR) is 48.8 cm³/mol. The molecule has 0 fully saturated rings. The monoisotopic (exact) mass is 165 g/mol. The zero-order valence-electron chi connectivity index (χ0n) is 7.15. The molecule has 0 unspecified atom stereocenters. The molecule has 0 amide bonds. The molecule has 1 aromatic carbocycles. The second-order valence-electron chi connectivity index (χ2n) is 3.06. The summed E-state index contributed by atoms with van der Waals surface area (Å²) in [6.45, 7) is 0. The van der Waals surface area contributed by atoms with E-state index in [1.54, 1.807) is 24.3 Å². The van der Waals surface area contributed by atoms with E-state index in [1.165, 1.54) is 14.1 Å². The molecular formula is C9H11NO2. The van der Waals surface area contributed by atoms with Crippen LogP contribution < -0.4 is 4.65 Å². The minimum Gasteiger partial charge on any atom is -0.628 e. The van der Waals surface area contributed by atoms with E-state index in [2.05, 4.69) is 0 Å². The minimum atomic E-state index is -0.473. The van der Waals surface area contributed by atoms with Crippen LogP contribution in [0.3, 0.4) is 0 Å². The molecular weight excluding hydrogens is 154 g/mol. The van der Waals surface area contributed by atoms with Crippen LogP contribution >= 0.6 is 0 Å². The average molecular weight is 165 g/mol. The zero-order chi connectivity index (χ0) is 9.19. The molecule has 0 heterocycles. The molecule has 0 aliphatic heterocycles. The third-order valence-electron chi connectivity index (χ3n) is 1.65. The lowest BCUT2D eigenvalue weighted by atomic mass is 10.2. The summed E-state index contributed by atoms with van der Waals surface area (Å²) in [5, 5.41) is 11.4. The lowest BCUT2D eigenvalue weighted by molar-refractivity contribution is 0.112. The molecule has 0 saturated heterocycles. The van der Waals surface area contributed by atoms with Crippen molar-refractivity contribution in [2.45, 2.75) is 0 Å². The maximum atomic E-state index is 11.4. The number of benzene rings is 1. The first kappa shape index (κ1) is 8.90. The van der Waals surface area contributed by atoms with Gasteiger partial charge in [0.25, 0.3) is 0 Å². The first-order valence-corrected chi connectivity index (χ1v) is 3.65. The third-order valence-corrected chi connectivity index (χ3v) is 1.65. The summed E-state index contributed by atoms with van der Waals surface area (Å²) < 4.78 is -0.473. The van der Waals surface area contributed by atoms with Crippen LogP contribution in [-0.4, -0.2) is 20.4 Å². The van der Waals surface area contributed by atoms with Crippen LogP contribution in [0.15, 0.2) is 24.3 Å². The average Bonchev–Trinajstić information content (AvgIpc) is 2.03. The quantitative estimate of drug-likeness (QED) is 0.379. The van der Waals surface area contributed by atoms with E-state index in [0.717, 1.165) is 6.29 Å². The molecule has 0 radical (unpaired) electrons.